The highest BCUT2D eigenvalue weighted by Crippen LogP contribution is 2.20. The van der Waals surface area contributed by atoms with Crippen LogP contribution in [0.15, 0.2) is 30.3 Å². The summed E-state index contributed by atoms with van der Waals surface area (Å²) in [4.78, 5) is 16.6. The monoisotopic (exact) mass is 280 g/mol. The Morgan fingerprint density at radius 1 is 1.29 bits per heavy atom. The van der Waals surface area contributed by atoms with Gasteiger partial charge < -0.3 is 10.6 Å². The maximum Gasteiger partial charge on any atom is 0.255 e. The van der Waals surface area contributed by atoms with E-state index in [-0.39, 0.29) is 5.91 Å². The van der Waals surface area contributed by atoms with Crippen molar-refractivity contribution in [1.29, 1.82) is 5.26 Å². The van der Waals surface area contributed by atoms with Crippen molar-refractivity contribution in [3.63, 3.8) is 0 Å². The number of hydrogen-bond acceptors (Lipinski definition) is 4. The number of nitrogens with zero attached hydrogens (tertiary/aromatic N) is 2. The van der Waals surface area contributed by atoms with Crippen LogP contribution in [-0.2, 0) is 0 Å². The van der Waals surface area contributed by atoms with E-state index in [9.17, 15) is 10.1 Å². The van der Waals surface area contributed by atoms with Gasteiger partial charge in [-0.3, -0.25) is 4.79 Å². The highest BCUT2D eigenvalue weighted by atomic mass is 16.1. The lowest BCUT2D eigenvalue weighted by molar-refractivity contribution is 0.102. The first-order valence-corrected chi connectivity index (χ1v) is 6.52. The van der Waals surface area contributed by atoms with E-state index in [1.165, 1.54) is 0 Å². The predicted octanol–water partition coefficient (Wildman–Crippen LogP) is 2.86. The number of benzene rings is 1. The SMILES string of the molecule is CNc1cc(C(=O)Nc2cccc(C)c2C#N)cc(C)n1. The molecule has 1 amide bonds. The molecule has 0 saturated heterocycles. The summed E-state index contributed by atoms with van der Waals surface area (Å²) in [5.74, 6) is 0.365. The minimum absolute atomic E-state index is 0.265. The van der Waals surface area contributed by atoms with Gasteiger partial charge in [-0.25, -0.2) is 4.98 Å². The molecule has 0 aliphatic heterocycles. The molecule has 2 aromatic rings. The van der Waals surface area contributed by atoms with Gasteiger partial charge in [0, 0.05) is 18.3 Å². The van der Waals surface area contributed by atoms with Crippen molar-refractivity contribution < 1.29 is 4.79 Å². The summed E-state index contributed by atoms with van der Waals surface area (Å²) in [6.07, 6.45) is 0. The van der Waals surface area contributed by atoms with E-state index in [2.05, 4.69) is 21.7 Å². The van der Waals surface area contributed by atoms with Crippen molar-refractivity contribution in [2.75, 3.05) is 17.7 Å². The van der Waals surface area contributed by atoms with Crippen LogP contribution in [0.2, 0.25) is 0 Å². The van der Waals surface area contributed by atoms with Crippen LogP contribution < -0.4 is 10.6 Å². The van der Waals surface area contributed by atoms with Gasteiger partial charge in [-0.15, -0.1) is 0 Å². The van der Waals surface area contributed by atoms with E-state index in [1.54, 1.807) is 25.2 Å². The third-order valence-corrected chi connectivity index (χ3v) is 3.10. The van der Waals surface area contributed by atoms with Gasteiger partial charge in [0.1, 0.15) is 11.9 Å². The lowest BCUT2D eigenvalue weighted by atomic mass is 10.1. The fourth-order valence-corrected chi connectivity index (χ4v) is 2.04. The zero-order valence-corrected chi connectivity index (χ0v) is 12.2. The van der Waals surface area contributed by atoms with Crippen LogP contribution in [0, 0.1) is 25.2 Å². The van der Waals surface area contributed by atoms with E-state index in [1.807, 2.05) is 26.0 Å². The number of pyridine rings is 1. The molecular formula is C16H16N4O. The largest absolute Gasteiger partial charge is 0.373 e. The molecule has 0 unspecified atom stereocenters. The number of carbonyl (C=O) groups excluding carboxylic acids is 1. The van der Waals surface area contributed by atoms with Gasteiger partial charge >= 0.3 is 0 Å². The Kier molecular flexibility index (Phi) is 4.19. The zero-order valence-electron chi connectivity index (χ0n) is 12.2. The molecule has 0 aliphatic rings. The van der Waals surface area contributed by atoms with Crippen LogP contribution >= 0.6 is 0 Å². The first-order chi connectivity index (χ1) is 10.0. The number of aryl methyl sites for hydroxylation is 2. The van der Waals surface area contributed by atoms with E-state index >= 15 is 0 Å². The molecule has 1 aromatic heterocycles. The third kappa shape index (κ3) is 3.18. The molecule has 21 heavy (non-hydrogen) atoms. The zero-order chi connectivity index (χ0) is 15.4. The summed E-state index contributed by atoms with van der Waals surface area (Å²) in [7, 11) is 1.75. The normalized spacial score (nSPS) is 9.81. The fraction of sp³-hybridized carbons (Fsp3) is 0.188. The molecule has 0 aliphatic carbocycles. The summed E-state index contributed by atoms with van der Waals surface area (Å²) in [5, 5.41) is 14.9. The van der Waals surface area contributed by atoms with Crippen LogP contribution in [0.3, 0.4) is 0 Å². The number of amides is 1. The average molecular weight is 280 g/mol. The quantitative estimate of drug-likeness (QED) is 0.906. The van der Waals surface area contributed by atoms with Crippen molar-refractivity contribution >= 4 is 17.4 Å². The van der Waals surface area contributed by atoms with E-state index in [0.717, 1.165) is 11.3 Å². The number of rotatable bonds is 3. The number of nitrogens with one attached hydrogen (secondary N) is 2. The van der Waals surface area contributed by atoms with Crippen molar-refractivity contribution in [3.8, 4) is 6.07 Å². The molecule has 0 saturated carbocycles. The van der Waals surface area contributed by atoms with Crippen LogP contribution in [-0.4, -0.2) is 17.9 Å². The molecule has 0 radical (unpaired) electrons. The first kappa shape index (κ1) is 14.5. The summed E-state index contributed by atoms with van der Waals surface area (Å²) in [5.41, 5.74) is 3.07. The fourth-order valence-electron chi connectivity index (χ4n) is 2.04. The Morgan fingerprint density at radius 3 is 2.71 bits per heavy atom. The first-order valence-electron chi connectivity index (χ1n) is 6.52. The molecule has 5 nitrogen and oxygen atoms in total. The molecule has 0 fully saturated rings. The van der Waals surface area contributed by atoms with Gasteiger partial charge in [-0.2, -0.15) is 5.26 Å². The van der Waals surface area contributed by atoms with Crippen LogP contribution in [0.4, 0.5) is 11.5 Å². The Bertz CT molecular complexity index is 732. The number of hydrogen-bond donors (Lipinski definition) is 2. The second-order valence-corrected chi connectivity index (χ2v) is 4.70. The molecule has 0 spiro atoms. The smallest absolute Gasteiger partial charge is 0.255 e. The predicted molar refractivity (Wildman–Crippen MR) is 82.4 cm³/mol. The molecule has 106 valence electrons. The molecular weight excluding hydrogens is 264 g/mol. The molecule has 5 heteroatoms. The van der Waals surface area contributed by atoms with E-state index in [4.69, 9.17) is 0 Å². The average Bonchev–Trinajstić information content (AvgIpc) is 2.46. The molecule has 0 bridgehead atoms. The standard InChI is InChI=1S/C16H16N4O/c1-10-5-4-6-14(13(10)9-17)20-16(21)12-7-11(2)19-15(8-12)18-3/h4-8H,1-3H3,(H,18,19)(H,20,21). The maximum atomic E-state index is 12.3. The summed E-state index contributed by atoms with van der Waals surface area (Å²) >= 11 is 0. The van der Waals surface area contributed by atoms with Crippen molar-refractivity contribution in [1.82, 2.24) is 4.98 Å². The molecule has 1 aromatic carbocycles. The van der Waals surface area contributed by atoms with E-state index < -0.39 is 0 Å². The van der Waals surface area contributed by atoms with Gasteiger partial charge in [0.2, 0.25) is 0 Å². The van der Waals surface area contributed by atoms with Gasteiger partial charge in [-0.05, 0) is 37.6 Å². The number of aromatic nitrogens is 1. The van der Waals surface area contributed by atoms with Crippen LogP contribution in [0.5, 0.6) is 0 Å². The maximum absolute atomic E-state index is 12.3. The topological polar surface area (TPSA) is 77.8 Å². The van der Waals surface area contributed by atoms with Crippen LogP contribution in [0.25, 0.3) is 0 Å². The van der Waals surface area contributed by atoms with Gasteiger partial charge in [0.15, 0.2) is 0 Å². The third-order valence-electron chi connectivity index (χ3n) is 3.10. The summed E-state index contributed by atoms with van der Waals surface area (Å²) < 4.78 is 0. The lowest BCUT2D eigenvalue weighted by Gasteiger charge is -2.10. The van der Waals surface area contributed by atoms with Gasteiger partial charge in [0.05, 0.1) is 11.3 Å². The second kappa shape index (κ2) is 6.06. The Morgan fingerprint density at radius 2 is 2.05 bits per heavy atom. The minimum atomic E-state index is -0.265. The number of nitriles is 1. The van der Waals surface area contributed by atoms with Crippen LogP contribution in [0.1, 0.15) is 27.2 Å². The highest BCUT2D eigenvalue weighted by Gasteiger charge is 2.12. The second-order valence-electron chi connectivity index (χ2n) is 4.70. The Labute approximate surface area is 123 Å². The molecule has 0 atom stereocenters. The minimum Gasteiger partial charge on any atom is -0.373 e. The molecule has 2 rings (SSSR count). The van der Waals surface area contributed by atoms with Gasteiger partial charge in [-0.1, -0.05) is 12.1 Å². The number of carbonyl (C=O) groups is 1. The van der Waals surface area contributed by atoms with Gasteiger partial charge in [0.25, 0.3) is 5.91 Å². The lowest BCUT2D eigenvalue weighted by Crippen LogP contribution is -2.14. The number of anilines is 2. The van der Waals surface area contributed by atoms with Crippen molar-refractivity contribution in [3.05, 3.63) is 52.7 Å². The summed E-state index contributed by atoms with van der Waals surface area (Å²) in [6, 6.07) is 10.9. The van der Waals surface area contributed by atoms with Crippen molar-refractivity contribution in [2.24, 2.45) is 0 Å². The Hall–Kier alpha value is -2.87. The Balaban J connectivity index is 2.33. The molecule has 1 heterocycles. The molecule has 2 N–H and O–H groups in total. The summed E-state index contributed by atoms with van der Waals surface area (Å²) in [6.45, 7) is 3.66. The van der Waals surface area contributed by atoms with Crippen molar-refractivity contribution in [2.45, 2.75) is 13.8 Å². The highest BCUT2D eigenvalue weighted by molar-refractivity contribution is 6.05. The van der Waals surface area contributed by atoms with E-state index in [0.29, 0.717) is 22.6 Å².